The minimum Gasteiger partial charge on any atom is -0.462 e. The Morgan fingerprint density at radius 3 is 0.824 bits per heavy atom. The first-order chi connectivity index (χ1) is 36.5. The minimum atomic E-state index is -0.777. The lowest BCUT2D eigenvalue weighted by molar-refractivity contribution is -0.167. The molecule has 1 unspecified atom stereocenters. The van der Waals surface area contributed by atoms with Crippen molar-refractivity contribution in [3.05, 3.63) is 85.1 Å². The van der Waals surface area contributed by atoms with Crippen LogP contribution in [0.15, 0.2) is 85.1 Å². The van der Waals surface area contributed by atoms with Gasteiger partial charge in [0.05, 0.1) is 0 Å². The van der Waals surface area contributed by atoms with Gasteiger partial charge in [0.25, 0.3) is 0 Å². The maximum absolute atomic E-state index is 12.8. The molecule has 6 nitrogen and oxygen atoms in total. The number of esters is 3. The molecule has 0 aromatic carbocycles. The van der Waals surface area contributed by atoms with Crippen LogP contribution in [0, 0.1) is 0 Å². The summed E-state index contributed by atoms with van der Waals surface area (Å²) < 4.78 is 16.8. The molecule has 0 aliphatic carbocycles. The lowest BCUT2D eigenvalue weighted by atomic mass is 10.0. The van der Waals surface area contributed by atoms with E-state index < -0.39 is 6.10 Å². The van der Waals surface area contributed by atoms with Gasteiger partial charge in [-0.15, -0.1) is 0 Å². The van der Waals surface area contributed by atoms with Gasteiger partial charge in [-0.05, 0) is 96.3 Å². The summed E-state index contributed by atoms with van der Waals surface area (Å²) in [6, 6.07) is 0. The topological polar surface area (TPSA) is 78.9 Å². The highest BCUT2D eigenvalue weighted by molar-refractivity contribution is 5.71. The van der Waals surface area contributed by atoms with Gasteiger partial charge in [-0.2, -0.15) is 0 Å². The van der Waals surface area contributed by atoms with Crippen molar-refractivity contribution in [2.24, 2.45) is 0 Å². The largest absolute Gasteiger partial charge is 0.462 e. The molecule has 0 aromatic heterocycles. The van der Waals surface area contributed by atoms with Crippen molar-refractivity contribution >= 4 is 17.9 Å². The number of carbonyl (C=O) groups excluding carboxylic acids is 3. The molecule has 0 spiro atoms. The molecule has 0 fully saturated rings. The Morgan fingerprint density at radius 2 is 0.527 bits per heavy atom. The van der Waals surface area contributed by atoms with Gasteiger partial charge < -0.3 is 14.2 Å². The highest BCUT2D eigenvalue weighted by atomic mass is 16.6. The number of carbonyl (C=O) groups is 3. The third-order valence-corrected chi connectivity index (χ3v) is 13.6. The average molecular weight is 1030 g/mol. The zero-order valence-electron chi connectivity index (χ0n) is 48.8. The predicted molar refractivity (Wildman–Crippen MR) is 321 cm³/mol. The van der Waals surface area contributed by atoms with Crippen LogP contribution < -0.4 is 0 Å². The summed E-state index contributed by atoms with van der Waals surface area (Å²) in [4.78, 5) is 38.0. The molecule has 0 aromatic rings. The molecular weight excluding hydrogens is 913 g/mol. The summed E-state index contributed by atoms with van der Waals surface area (Å²) in [5, 5.41) is 0. The molecule has 0 aliphatic heterocycles. The maximum Gasteiger partial charge on any atom is 0.306 e. The van der Waals surface area contributed by atoms with Gasteiger partial charge in [0.15, 0.2) is 6.10 Å². The van der Waals surface area contributed by atoms with E-state index in [0.717, 1.165) is 103 Å². The first-order valence-electron chi connectivity index (χ1n) is 31.6. The van der Waals surface area contributed by atoms with Crippen LogP contribution in [0.3, 0.4) is 0 Å². The molecule has 426 valence electrons. The Labute approximate surface area is 458 Å². The Kier molecular flexibility index (Phi) is 59.3. The highest BCUT2D eigenvalue weighted by Gasteiger charge is 2.19. The Hall–Kier alpha value is -3.41. The van der Waals surface area contributed by atoms with Crippen LogP contribution in [0.5, 0.6) is 0 Å². The standard InChI is InChI=1S/C68H118O6/c1-4-7-10-13-16-18-20-22-24-26-28-30-32-34-36-38-40-42-44-46-48-50-52-55-58-61-67(70)73-64-65(63-72-66(69)60-57-54-15-12-9-6-3)74-68(71)62-59-56-53-51-49-47-45-43-41-39-37-35-33-31-29-27-25-23-21-19-17-14-11-8-5-2/h7,10,16,18,21-24,27-30,34,36,65H,4-6,8-9,11-15,17,19-20,25-26,31-33,35,37-64H2,1-3H3/b10-7-,18-16-,23-21-,24-22-,29-27-,30-28-,36-34-. The fraction of sp³-hybridized carbons (Fsp3) is 0.750. The number of hydrogen-bond donors (Lipinski definition) is 0. The number of ether oxygens (including phenoxy) is 3. The molecule has 0 saturated heterocycles. The molecule has 0 radical (unpaired) electrons. The monoisotopic (exact) mass is 1030 g/mol. The van der Waals surface area contributed by atoms with E-state index in [-0.39, 0.29) is 31.1 Å². The quantitative estimate of drug-likeness (QED) is 0.0261. The minimum absolute atomic E-state index is 0.0771. The molecule has 6 heteroatoms. The molecule has 74 heavy (non-hydrogen) atoms. The number of allylic oxidation sites excluding steroid dienone is 14. The lowest BCUT2D eigenvalue weighted by Crippen LogP contribution is -2.30. The van der Waals surface area contributed by atoms with Crippen LogP contribution in [0.1, 0.15) is 310 Å². The maximum atomic E-state index is 12.8. The average Bonchev–Trinajstić information content (AvgIpc) is 3.40. The van der Waals surface area contributed by atoms with Crippen LogP contribution in [0.2, 0.25) is 0 Å². The smallest absolute Gasteiger partial charge is 0.306 e. The fourth-order valence-electron chi connectivity index (χ4n) is 8.91. The van der Waals surface area contributed by atoms with Crippen LogP contribution in [-0.2, 0) is 28.6 Å². The van der Waals surface area contributed by atoms with E-state index in [4.69, 9.17) is 14.2 Å². The fourth-order valence-corrected chi connectivity index (χ4v) is 8.91. The molecule has 0 saturated carbocycles. The molecule has 1 atom stereocenters. The normalized spacial score (nSPS) is 12.6. The van der Waals surface area contributed by atoms with Crippen LogP contribution in [0.25, 0.3) is 0 Å². The summed E-state index contributed by atoms with van der Waals surface area (Å²) in [7, 11) is 0. The molecule has 0 rings (SSSR count). The van der Waals surface area contributed by atoms with E-state index in [1.54, 1.807) is 0 Å². The highest BCUT2D eigenvalue weighted by Crippen LogP contribution is 2.16. The Morgan fingerprint density at radius 1 is 0.284 bits per heavy atom. The van der Waals surface area contributed by atoms with Crippen molar-refractivity contribution in [2.75, 3.05) is 13.2 Å². The van der Waals surface area contributed by atoms with Crippen LogP contribution in [0.4, 0.5) is 0 Å². The van der Waals surface area contributed by atoms with Crippen LogP contribution in [-0.4, -0.2) is 37.2 Å². The number of unbranched alkanes of at least 4 members (excludes halogenated alkanes) is 32. The zero-order valence-corrected chi connectivity index (χ0v) is 48.8. The van der Waals surface area contributed by atoms with Crippen molar-refractivity contribution in [3.63, 3.8) is 0 Å². The van der Waals surface area contributed by atoms with E-state index in [2.05, 4.69) is 106 Å². The van der Waals surface area contributed by atoms with E-state index in [9.17, 15) is 14.4 Å². The van der Waals surface area contributed by atoms with Gasteiger partial charge in [-0.3, -0.25) is 14.4 Å². The summed E-state index contributed by atoms with van der Waals surface area (Å²) in [5.41, 5.74) is 0. The van der Waals surface area contributed by atoms with Gasteiger partial charge in [0.1, 0.15) is 13.2 Å². The van der Waals surface area contributed by atoms with Crippen molar-refractivity contribution in [2.45, 2.75) is 316 Å². The zero-order chi connectivity index (χ0) is 53.6. The predicted octanol–water partition coefficient (Wildman–Crippen LogP) is 21.5. The number of rotatable bonds is 57. The van der Waals surface area contributed by atoms with Crippen molar-refractivity contribution in [1.82, 2.24) is 0 Å². The van der Waals surface area contributed by atoms with Crippen molar-refractivity contribution < 1.29 is 28.6 Å². The van der Waals surface area contributed by atoms with E-state index >= 15 is 0 Å². The van der Waals surface area contributed by atoms with Crippen LogP contribution >= 0.6 is 0 Å². The number of hydrogen-bond acceptors (Lipinski definition) is 6. The van der Waals surface area contributed by atoms with Gasteiger partial charge >= 0.3 is 17.9 Å². The first-order valence-corrected chi connectivity index (χ1v) is 31.6. The summed E-state index contributed by atoms with van der Waals surface area (Å²) in [6.45, 7) is 6.48. The Bertz CT molecular complexity index is 1420. The SMILES string of the molecule is CC/C=C\C/C=C\C/C=C\C/C=C\C/C=C\CCCCCCCCCCCC(=O)OCC(COC(=O)CCCCCCCC)OC(=O)CCCCCCCCCCCCCCC/C=C\C/C=C\CCCCCCC. The molecule has 0 aliphatic rings. The van der Waals surface area contributed by atoms with Gasteiger partial charge in [-0.1, -0.05) is 279 Å². The second kappa shape index (κ2) is 62.1. The summed E-state index contributed by atoms with van der Waals surface area (Å²) in [6.07, 6.45) is 81.9. The van der Waals surface area contributed by atoms with E-state index in [1.165, 1.54) is 167 Å². The molecule has 0 amide bonds. The third kappa shape index (κ3) is 59.5. The lowest BCUT2D eigenvalue weighted by Gasteiger charge is -2.18. The van der Waals surface area contributed by atoms with Gasteiger partial charge in [0, 0.05) is 19.3 Å². The molecular formula is C68H118O6. The third-order valence-electron chi connectivity index (χ3n) is 13.6. The molecule has 0 heterocycles. The van der Waals surface area contributed by atoms with E-state index in [1.807, 2.05) is 0 Å². The summed E-state index contributed by atoms with van der Waals surface area (Å²) >= 11 is 0. The first kappa shape index (κ1) is 70.6. The van der Waals surface area contributed by atoms with Crippen molar-refractivity contribution in [1.29, 1.82) is 0 Å². The summed E-state index contributed by atoms with van der Waals surface area (Å²) in [5.74, 6) is -0.884. The second-order valence-electron chi connectivity index (χ2n) is 20.9. The Balaban J connectivity index is 4.11. The second-order valence-corrected chi connectivity index (χ2v) is 20.9. The molecule has 0 bridgehead atoms. The van der Waals surface area contributed by atoms with E-state index in [0.29, 0.717) is 19.3 Å². The van der Waals surface area contributed by atoms with Gasteiger partial charge in [0.2, 0.25) is 0 Å². The van der Waals surface area contributed by atoms with Crippen molar-refractivity contribution in [3.8, 4) is 0 Å². The molecule has 0 N–H and O–H groups in total. The van der Waals surface area contributed by atoms with Gasteiger partial charge in [-0.25, -0.2) is 0 Å².